The SMILES string of the molecule is [B]C(=C/C)/C=C(\C=C)C(C)(C)C. The summed E-state index contributed by atoms with van der Waals surface area (Å²) < 4.78 is 0. The quantitative estimate of drug-likeness (QED) is 0.429. The lowest BCUT2D eigenvalue weighted by Crippen LogP contribution is -2.07. The molecule has 12 heavy (non-hydrogen) atoms. The molecule has 0 aromatic carbocycles. The van der Waals surface area contributed by atoms with Crippen molar-refractivity contribution >= 4 is 7.85 Å². The maximum absolute atomic E-state index is 5.68. The summed E-state index contributed by atoms with van der Waals surface area (Å²) in [6, 6.07) is 0. The average Bonchev–Trinajstić information content (AvgIpc) is 1.97. The molecule has 0 aliphatic heterocycles. The summed E-state index contributed by atoms with van der Waals surface area (Å²) in [5.74, 6) is 0. The molecule has 0 amide bonds. The van der Waals surface area contributed by atoms with Gasteiger partial charge in [0.2, 0.25) is 0 Å². The normalized spacial score (nSPS) is 14.7. The van der Waals surface area contributed by atoms with E-state index < -0.39 is 0 Å². The van der Waals surface area contributed by atoms with Gasteiger partial charge in [0, 0.05) is 0 Å². The predicted octanol–water partition coefficient (Wildman–Crippen LogP) is 3.22. The smallest absolute Gasteiger partial charge is 0.101 e. The minimum Gasteiger partial charge on any atom is -0.101 e. The molecule has 0 bridgehead atoms. The van der Waals surface area contributed by atoms with E-state index in [1.807, 2.05) is 25.2 Å². The van der Waals surface area contributed by atoms with E-state index >= 15 is 0 Å². The lowest BCUT2D eigenvalue weighted by atomic mass is 9.82. The summed E-state index contributed by atoms with van der Waals surface area (Å²) in [6.07, 6.45) is 5.71. The van der Waals surface area contributed by atoms with Crippen LogP contribution in [0, 0.1) is 5.41 Å². The fraction of sp³-hybridized carbons (Fsp3) is 0.455. The second-order valence-corrected chi connectivity index (χ2v) is 3.84. The second kappa shape index (κ2) is 4.35. The van der Waals surface area contributed by atoms with Crippen LogP contribution in [0.3, 0.4) is 0 Å². The van der Waals surface area contributed by atoms with Crippen LogP contribution in [0.1, 0.15) is 27.7 Å². The van der Waals surface area contributed by atoms with E-state index in [4.69, 9.17) is 7.85 Å². The van der Waals surface area contributed by atoms with Crippen LogP contribution < -0.4 is 0 Å². The molecule has 0 saturated carbocycles. The maximum Gasteiger partial charge on any atom is 0.113 e. The number of rotatable bonds is 2. The highest BCUT2D eigenvalue weighted by molar-refractivity contribution is 6.23. The minimum atomic E-state index is 0.120. The van der Waals surface area contributed by atoms with Crippen molar-refractivity contribution < 1.29 is 0 Å². The van der Waals surface area contributed by atoms with Gasteiger partial charge in [-0.3, -0.25) is 0 Å². The first-order chi connectivity index (χ1) is 5.41. The van der Waals surface area contributed by atoms with Gasteiger partial charge in [0.1, 0.15) is 7.85 Å². The van der Waals surface area contributed by atoms with Crippen LogP contribution in [0.5, 0.6) is 0 Å². The van der Waals surface area contributed by atoms with Gasteiger partial charge in [0.05, 0.1) is 0 Å². The molecule has 0 fully saturated rings. The molecule has 0 aromatic heterocycles. The largest absolute Gasteiger partial charge is 0.113 e. The topological polar surface area (TPSA) is 0 Å². The predicted molar refractivity (Wildman–Crippen MR) is 57.2 cm³/mol. The monoisotopic (exact) mass is 160 g/mol. The third-order valence-corrected chi connectivity index (χ3v) is 1.74. The van der Waals surface area contributed by atoms with Gasteiger partial charge in [0.25, 0.3) is 0 Å². The molecule has 0 aromatic rings. The van der Waals surface area contributed by atoms with Gasteiger partial charge in [-0.15, -0.1) is 5.47 Å². The Hall–Kier alpha value is -0.715. The fourth-order valence-corrected chi connectivity index (χ4v) is 0.845. The first kappa shape index (κ1) is 11.3. The molecule has 0 spiro atoms. The summed E-state index contributed by atoms with van der Waals surface area (Å²) >= 11 is 0. The summed E-state index contributed by atoms with van der Waals surface area (Å²) in [6.45, 7) is 12.1. The molecule has 0 heterocycles. The molecule has 0 N–H and O–H groups in total. The first-order valence-corrected chi connectivity index (χ1v) is 4.18. The van der Waals surface area contributed by atoms with Crippen molar-refractivity contribution in [3.8, 4) is 0 Å². The summed E-state index contributed by atoms with van der Waals surface area (Å²) in [4.78, 5) is 0. The number of hydrogen-bond acceptors (Lipinski definition) is 0. The van der Waals surface area contributed by atoms with E-state index in [1.165, 1.54) is 0 Å². The van der Waals surface area contributed by atoms with Crippen molar-refractivity contribution in [2.45, 2.75) is 27.7 Å². The van der Waals surface area contributed by atoms with Gasteiger partial charge in [-0.05, 0) is 17.9 Å². The Labute approximate surface area is 77.5 Å². The first-order valence-electron chi connectivity index (χ1n) is 4.18. The molecule has 0 nitrogen and oxygen atoms in total. The average molecular weight is 160 g/mol. The van der Waals surface area contributed by atoms with E-state index in [9.17, 15) is 0 Å². The van der Waals surface area contributed by atoms with Crippen LogP contribution in [0.2, 0.25) is 0 Å². The van der Waals surface area contributed by atoms with Crippen molar-refractivity contribution in [2.24, 2.45) is 5.41 Å². The van der Waals surface area contributed by atoms with Crippen LogP contribution in [0.15, 0.2) is 35.9 Å². The van der Waals surface area contributed by atoms with Gasteiger partial charge in [0.15, 0.2) is 0 Å². The number of allylic oxidation sites excluding steroid dienone is 5. The fourth-order valence-electron chi connectivity index (χ4n) is 0.845. The Bertz CT molecular complexity index is 214. The molecule has 64 valence electrons. The van der Waals surface area contributed by atoms with Gasteiger partial charge in [-0.25, -0.2) is 0 Å². The van der Waals surface area contributed by atoms with Gasteiger partial charge < -0.3 is 0 Å². The van der Waals surface area contributed by atoms with Gasteiger partial charge >= 0.3 is 0 Å². The van der Waals surface area contributed by atoms with Crippen molar-refractivity contribution in [1.29, 1.82) is 0 Å². The molecule has 0 rings (SSSR count). The van der Waals surface area contributed by atoms with Gasteiger partial charge in [-0.2, -0.15) is 0 Å². The van der Waals surface area contributed by atoms with Crippen molar-refractivity contribution in [3.05, 3.63) is 35.9 Å². The highest BCUT2D eigenvalue weighted by Gasteiger charge is 2.13. The summed E-state index contributed by atoms with van der Waals surface area (Å²) in [7, 11) is 5.68. The molecule has 2 radical (unpaired) electrons. The zero-order valence-corrected chi connectivity index (χ0v) is 8.52. The van der Waals surface area contributed by atoms with Crippen LogP contribution in [-0.2, 0) is 0 Å². The summed E-state index contributed by atoms with van der Waals surface area (Å²) in [5.41, 5.74) is 2.08. The molecule has 0 atom stereocenters. The van der Waals surface area contributed by atoms with Crippen molar-refractivity contribution in [2.75, 3.05) is 0 Å². The number of hydrogen-bond donors (Lipinski definition) is 0. The van der Waals surface area contributed by atoms with Crippen LogP contribution in [-0.4, -0.2) is 7.85 Å². The Kier molecular flexibility index (Phi) is 4.09. The highest BCUT2D eigenvalue weighted by atomic mass is 14.2. The van der Waals surface area contributed by atoms with Crippen molar-refractivity contribution in [3.63, 3.8) is 0 Å². The zero-order valence-electron chi connectivity index (χ0n) is 8.52. The summed E-state index contributed by atoms with van der Waals surface area (Å²) in [5, 5.41) is 0. The Morgan fingerprint density at radius 2 is 1.83 bits per heavy atom. The Morgan fingerprint density at radius 3 is 2.08 bits per heavy atom. The molecule has 0 unspecified atom stereocenters. The third kappa shape index (κ3) is 3.61. The molecular weight excluding hydrogens is 143 g/mol. The molecule has 0 saturated heterocycles. The molecular formula is C11H17B. The van der Waals surface area contributed by atoms with Crippen LogP contribution >= 0.6 is 0 Å². The minimum absolute atomic E-state index is 0.120. The van der Waals surface area contributed by atoms with E-state index in [0.29, 0.717) is 0 Å². The van der Waals surface area contributed by atoms with E-state index in [0.717, 1.165) is 11.0 Å². The highest BCUT2D eigenvalue weighted by Crippen LogP contribution is 2.26. The standard InChI is InChI=1S/C11H17B/c1-6-9(11(3,4)5)8-10(12)7-2/h6-8H,1H2,2-5H3/b9-8+,10-7+. The van der Waals surface area contributed by atoms with Crippen LogP contribution in [0.4, 0.5) is 0 Å². The lowest BCUT2D eigenvalue weighted by Gasteiger charge is -2.20. The Morgan fingerprint density at radius 1 is 1.33 bits per heavy atom. The zero-order chi connectivity index (χ0) is 9.78. The lowest BCUT2D eigenvalue weighted by molar-refractivity contribution is 0.517. The van der Waals surface area contributed by atoms with Crippen LogP contribution in [0.25, 0.3) is 0 Å². The molecule has 1 heteroatoms. The second-order valence-electron chi connectivity index (χ2n) is 3.84. The van der Waals surface area contributed by atoms with E-state index in [-0.39, 0.29) is 5.41 Å². The third-order valence-electron chi connectivity index (χ3n) is 1.74. The van der Waals surface area contributed by atoms with Crippen molar-refractivity contribution in [1.82, 2.24) is 0 Å². The molecule has 0 aliphatic carbocycles. The van der Waals surface area contributed by atoms with E-state index in [2.05, 4.69) is 27.4 Å². The molecule has 0 aliphatic rings. The van der Waals surface area contributed by atoms with E-state index in [1.54, 1.807) is 0 Å². The Balaban J connectivity index is 4.80. The maximum atomic E-state index is 5.68. The van der Waals surface area contributed by atoms with Gasteiger partial charge in [-0.1, -0.05) is 45.6 Å².